The third-order valence-corrected chi connectivity index (χ3v) is 2.61. The van der Waals surface area contributed by atoms with Crippen molar-refractivity contribution in [3.8, 4) is 0 Å². The van der Waals surface area contributed by atoms with Crippen molar-refractivity contribution < 1.29 is 0 Å². The highest BCUT2D eigenvalue weighted by atomic mass is 32.2. The highest BCUT2D eigenvalue weighted by Gasteiger charge is 2.00. The van der Waals surface area contributed by atoms with E-state index in [9.17, 15) is 0 Å². The Hall–Kier alpha value is -0.380. The van der Waals surface area contributed by atoms with Gasteiger partial charge in [-0.3, -0.25) is 4.99 Å². The van der Waals surface area contributed by atoms with Crippen LogP contribution in [0.4, 0.5) is 0 Å². The number of hydrogen-bond donors (Lipinski definition) is 2. The van der Waals surface area contributed by atoms with E-state index in [0.717, 1.165) is 18.8 Å². The van der Waals surface area contributed by atoms with E-state index in [1.165, 1.54) is 0 Å². The van der Waals surface area contributed by atoms with Gasteiger partial charge in [-0.25, -0.2) is 0 Å². The SMILES string of the molecule is CSCC(C)CNC(N)=NCC(C)C. The quantitative estimate of drug-likeness (QED) is 0.524. The van der Waals surface area contributed by atoms with E-state index in [1.54, 1.807) is 0 Å². The molecule has 0 saturated carbocycles. The van der Waals surface area contributed by atoms with Crippen LogP contribution in [0, 0.1) is 11.8 Å². The van der Waals surface area contributed by atoms with Gasteiger partial charge in [-0.2, -0.15) is 11.8 Å². The second-order valence-corrected chi connectivity index (χ2v) is 4.97. The van der Waals surface area contributed by atoms with Gasteiger partial charge < -0.3 is 11.1 Å². The van der Waals surface area contributed by atoms with Crippen LogP contribution in [-0.4, -0.2) is 31.1 Å². The summed E-state index contributed by atoms with van der Waals surface area (Å²) in [5.74, 6) is 2.94. The summed E-state index contributed by atoms with van der Waals surface area (Å²) in [5, 5.41) is 3.14. The number of guanidine groups is 1. The molecular formula is C10H23N3S. The molecule has 0 bridgehead atoms. The summed E-state index contributed by atoms with van der Waals surface area (Å²) >= 11 is 1.86. The molecule has 4 heteroatoms. The van der Waals surface area contributed by atoms with Crippen molar-refractivity contribution in [1.82, 2.24) is 5.32 Å². The Morgan fingerprint density at radius 3 is 2.57 bits per heavy atom. The number of thioether (sulfide) groups is 1. The van der Waals surface area contributed by atoms with Crippen LogP contribution in [-0.2, 0) is 0 Å². The first kappa shape index (κ1) is 13.6. The molecule has 0 aromatic rings. The molecule has 0 amide bonds. The predicted molar refractivity (Wildman–Crippen MR) is 66.9 cm³/mol. The lowest BCUT2D eigenvalue weighted by Gasteiger charge is -2.11. The van der Waals surface area contributed by atoms with Crippen LogP contribution in [0.3, 0.4) is 0 Å². The van der Waals surface area contributed by atoms with E-state index in [-0.39, 0.29) is 0 Å². The van der Waals surface area contributed by atoms with Crippen LogP contribution >= 0.6 is 11.8 Å². The van der Waals surface area contributed by atoms with E-state index in [2.05, 4.69) is 37.3 Å². The van der Waals surface area contributed by atoms with Gasteiger partial charge >= 0.3 is 0 Å². The highest BCUT2D eigenvalue weighted by molar-refractivity contribution is 7.98. The molecule has 1 atom stereocenters. The van der Waals surface area contributed by atoms with E-state index in [4.69, 9.17) is 5.73 Å². The van der Waals surface area contributed by atoms with Gasteiger partial charge in [0, 0.05) is 13.1 Å². The Morgan fingerprint density at radius 1 is 1.43 bits per heavy atom. The largest absolute Gasteiger partial charge is 0.370 e. The number of nitrogens with one attached hydrogen (secondary N) is 1. The smallest absolute Gasteiger partial charge is 0.188 e. The van der Waals surface area contributed by atoms with Crippen LogP contribution in [0.15, 0.2) is 4.99 Å². The second kappa shape index (κ2) is 7.97. The summed E-state index contributed by atoms with van der Waals surface area (Å²) in [7, 11) is 0. The van der Waals surface area contributed by atoms with Crippen molar-refractivity contribution in [3.05, 3.63) is 0 Å². The maximum atomic E-state index is 5.70. The molecule has 0 aliphatic rings. The summed E-state index contributed by atoms with van der Waals surface area (Å²) in [6.07, 6.45) is 2.12. The lowest BCUT2D eigenvalue weighted by Crippen LogP contribution is -2.35. The van der Waals surface area contributed by atoms with E-state index < -0.39 is 0 Å². The van der Waals surface area contributed by atoms with Crippen molar-refractivity contribution in [2.45, 2.75) is 20.8 Å². The zero-order chi connectivity index (χ0) is 11.0. The summed E-state index contributed by atoms with van der Waals surface area (Å²) in [4.78, 5) is 4.23. The fraction of sp³-hybridized carbons (Fsp3) is 0.900. The molecule has 0 aromatic heterocycles. The minimum Gasteiger partial charge on any atom is -0.370 e. The van der Waals surface area contributed by atoms with Crippen molar-refractivity contribution in [2.75, 3.05) is 25.1 Å². The van der Waals surface area contributed by atoms with Crippen LogP contribution in [0.2, 0.25) is 0 Å². The molecule has 1 unspecified atom stereocenters. The van der Waals surface area contributed by atoms with Gasteiger partial charge in [0.2, 0.25) is 0 Å². The van der Waals surface area contributed by atoms with Crippen molar-refractivity contribution in [1.29, 1.82) is 0 Å². The first-order chi connectivity index (χ1) is 6.56. The number of rotatable bonds is 6. The van der Waals surface area contributed by atoms with Gasteiger partial charge in [0.05, 0.1) is 0 Å². The van der Waals surface area contributed by atoms with E-state index >= 15 is 0 Å². The number of nitrogens with zero attached hydrogens (tertiary/aromatic N) is 1. The lowest BCUT2D eigenvalue weighted by molar-refractivity contribution is 0.624. The Bertz CT molecular complexity index is 169. The van der Waals surface area contributed by atoms with Crippen LogP contribution in [0.5, 0.6) is 0 Å². The fourth-order valence-electron chi connectivity index (χ4n) is 0.959. The normalized spacial score (nSPS) is 14.5. The van der Waals surface area contributed by atoms with Gasteiger partial charge in [0.15, 0.2) is 5.96 Å². The van der Waals surface area contributed by atoms with Crippen molar-refractivity contribution in [3.63, 3.8) is 0 Å². The molecule has 0 aliphatic heterocycles. The van der Waals surface area contributed by atoms with Crippen molar-refractivity contribution >= 4 is 17.7 Å². The summed E-state index contributed by atoms with van der Waals surface area (Å²) < 4.78 is 0. The maximum Gasteiger partial charge on any atom is 0.188 e. The molecule has 3 nitrogen and oxygen atoms in total. The molecule has 0 spiro atoms. The molecule has 14 heavy (non-hydrogen) atoms. The fourth-order valence-corrected chi connectivity index (χ4v) is 1.65. The lowest BCUT2D eigenvalue weighted by atomic mass is 10.2. The minimum atomic E-state index is 0.568. The van der Waals surface area contributed by atoms with Crippen LogP contribution in [0.25, 0.3) is 0 Å². The summed E-state index contributed by atoms with van der Waals surface area (Å²) in [6, 6.07) is 0. The molecule has 0 heterocycles. The Balaban J connectivity index is 3.61. The molecular weight excluding hydrogens is 194 g/mol. The predicted octanol–water partition coefficient (Wildman–Crippen LogP) is 1.55. The zero-order valence-electron chi connectivity index (χ0n) is 9.71. The molecule has 0 saturated heterocycles. The Labute approximate surface area is 91.9 Å². The third-order valence-electron chi connectivity index (χ3n) is 1.71. The molecule has 84 valence electrons. The number of nitrogens with two attached hydrogens (primary N) is 1. The Morgan fingerprint density at radius 2 is 2.07 bits per heavy atom. The summed E-state index contributed by atoms with van der Waals surface area (Å²) in [6.45, 7) is 8.18. The average molecular weight is 217 g/mol. The van der Waals surface area contributed by atoms with E-state index in [1.807, 2.05) is 11.8 Å². The number of aliphatic imine (C=N–C) groups is 1. The third kappa shape index (κ3) is 8.23. The molecule has 0 aromatic carbocycles. The zero-order valence-corrected chi connectivity index (χ0v) is 10.5. The first-order valence-electron chi connectivity index (χ1n) is 5.09. The summed E-state index contributed by atoms with van der Waals surface area (Å²) in [5.41, 5.74) is 5.70. The van der Waals surface area contributed by atoms with Gasteiger partial charge in [0.25, 0.3) is 0 Å². The monoisotopic (exact) mass is 217 g/mol. The van der Waals surface area contributed by atoms with Gasteiger partial charge in [-0.15, -0.1) is 0 Å². The average Bonchev–Trinajstić information content (AvgIpc) is 2.12. The standard InChI is InChI=1S/C10H23N3S/c1-8(2)5-12-10(11)13-6-9(3)7-14-4/h8-9H,5-7H2,1-4H3,(H3,11,12,13). The van der Waals surface area contributed by atoms with Gasteiger partial charge in [0.1, 0.15) is 0 Å². The molecule has 3 N–H and O–H groups in total. The Kier molecular flexibility index (Phi) is 7.76. The van der Waals surface area contributed by atoms with Crippen LogP contribution in [0.1, 0.15) is 20.8 Å². The molecule has 0 rings (SSSR count). The highest BCUT2D eigenvalue weighted by Crippen LogP contribution is 2.02. The van der Waals surface area contributed by atoms with Crippen LogP contribution < -0.4 is 11.1 Å². The first-order valence-corrected chi connectivity index (χ1v) is 6.48. The van der Waals surface area contributed by atoms with Gasteiger partial charge in [-0.05, 0) is 23.8 Å². The number of hydrogen-bond acceptors (Lipinski definition) is 2. The molecule has 0 radical (unpaired) electrons. The minimum absolute atomic E-state index is 0.568. The molecule has 0 aliphatic carbocycles. The second-order valence-electron chi connectivity index (χ2n) is 4.06. The maximum absolute atomic E-state index is 5.70. The van der Waals surface area contributed by atoms with Gasteiger partial charge in [-0.1, -0.05) is 20.8 Å². The van der Waals surface area contributed by atoms with E-state index in [0.29, 0.717) is 17.8 Å². The topological polar surface area (TPSA) is 50.4 Å². The van der Waals surface area contributed by atoms with Crippen molar-refractivity contribution in [2.24, 2.45) is 22.6 Å². The molecule has 0 fully saturated rings.